The van der Waals surface area contributed by atoms with Crippen molar-refractivity contribution < 1.29 is 9.59 Å². The number of hydrogen-bond acceptors (Lipinski definition) is 3. The molecular weight excluding hydrogens is 276 g/mol. The van der Waals surface area contributed by atoms with E-state index in [1.807, 2.05) is 37.3 Å². The van der Waals surface area contributed by atoms with Crippen molar-refractivity contribution in [2.75, 3.05) is 11.9 Å². The molecule has 2 aromatic rings. The predicted molar refractivity (Wildman–Crippen MR) is 87.9 cm³/mol. The fourth-order valence-corrected chi connectivity index (χ4v) is 2.12. The van der Waals surface area contributed by atoms with Crippen molar-refractivity contribution >= 4 is 17.4 Å². The molecule has 0 bridgehead atoms. The van der Waals surface area contributed by atoms with Crippen LogP contribution < -0.4 is 10.6 Å². The number of carbonyl (C=O) groups is 2. The number of benzene rings is 2. The summed E-state index contributed by atoms with van der Waals surface area (Å²) < 4.78 is 0. The normalized spacial score (nSPS) is 11.5. The Morgan fingerprint density at radius 3 is 2.23 bits per heavy atom. The molecule has 114 valence electrons. The van der Waals surface area contributed by atoms with E-state index in [1.165, 1.54) is 6.92 Å². The Kier molecular flexibility index (Phi) is 5.31. The minimum Gasteiger partial charge on any atom is -0.376 e. The molecule has 4 heteroatoms. The van der Waals surface area contributed by atoms with Crippen molar-refractivity contribution in [3.05, 3.63) is 65.7 Å². The fourth-order valence-electron chi connectivity index (χ4n) is 2.12. The molecule has 4 nitrogen and oxygen atoms in total. The number of nitrogens with one attached hydrogen (secondary N) is 2. The fraction of sp³-hybridized carbons (Fsp3) is 0.222. The van der Waals surface area contributed by atoms with Crippen molar-refractivity contribution in [3.63, 3.8) is 0 Å². The maximum Gasteiger partial charge on any atom is 0.239 e. The van der Waals surface area contributed by atoms with Crippen molar-refractivity contribution in [2.45, 2.75) is 19.9 Å². The maximum atomic E-state index is 11.9. The van der Waals surface area contributed by atoms with Crippen LogP contribution in [0.4, 0.5) is 5.69 Å². The number of ketones is 1. The number of anilines is 1. The lowest BCUT2D eigenvalue weighted by Gasteiger charge is -2.15. The summed E-state index contributed by atoms with van der Waals surface area (Å²) in [5.74, 6) is -0.0482. The van der Waals surface area contributed by atoms with E-state index >= 15 is 0 Å². The highest BCUT2D eigenvalue weighted by Gasteiger charge is 2.08. The highest BCUT2D eigenvalue weighted by atomic mass is 16.2. The van der Waals surface area contributed by atoms with E-state index in [1.54, 1.807) is 24.3 Å². The van der Waals surface area contributed by atoms with Crippen LogP contribution >= 0.6 is 0 Å². The average molecular weight is 296 g/mol. The molecule has 0 heterocycles. The van der Waals surface area contributed by atoms with Gasteiger partial charge in [0.2, 0.25) is 5.91 Å². The monoisotopic (exact) mass is 296 g/mol. The number of amides is 1. The summed E-state index contributed by atoms with van der Waals surface area (Å²) in [4.78, 5) is 23.1. The summed E-state index contributed by atoms with van der Waals surface area (Å²) in [6, 6.07) is 16.9. The lowest BCUT2D eigenvalue weighted by atomic mass is 10.1. The number of Topliss-reactive ketones (excluding diaryl/α,β-unsaturated/α-hetero) is 1. The van der Waals surface area contributed by atoms with E-state index in [-0.39, 0.29) is 24.3 Å². The summed E-state index contributed by atoms with van der Waals surface area (Å²) in [6.07, 6.45) is 0. The molecule has 0 aromatic heterocycles. The van der Waals surface area contributed by atoms with Gasteiger partial charge in [-0.2, -0.15) is 0 Å². The highest BCUT2D eigenvalue weighted by molar-refractivity contribution is 5.94. The summed E-state index contributed by atoms with van der Waals surface area (Å²) >= 11 is 0. The van der Waals surface area contributed by atoms with Gasteiger partial charge in [-0.1, -0.05) is 30.3 Å². The van der Waals surface area contributed by atoms with Gasteiger partial charge in [0.15, 0.2) is 5.78 Å². The predicted octanol–water partition coefficient (Wildman–Crippen LogP) is 3.18. The second kappa shape index (κ2) is 7.41. The third kappa shape index (κ3) is 4.45. The third-order valence-electron chi connectivity index (χ3n) is 3.42. The standard InChI is InChI=1S/C18H20N2O2/c1-13(15-6-4-3-5-7-15)20-18(22)12-19-17-10-8-16(9-11-17)14(2)21/h3-11,13,19H,12H2,1-2H3,(H,20,22)/t13-/m0/s1. The van der Waals surface area contributed by atoms with Crippen LogP contribution in [-0.4, -0.2) is 18.2 Å². The molecule has 0 fully saturated rings. The minimum absolute atomic E-state index is 0.0287. The molecule has 0 aliphatic heterocycles. The van der Waals surface area contributed by atoms with Gasteiger partial charge in [0.25, 0.3) is 0 Å². The lowest BCUT2D eigenvalue weighted by Crippen LogP contribution is -2.32. The molecule has 2 N–H and O–H groups in total. The Balaban J connectivity index is 1.83. The zero-order valence-electron chi connectivity index (χ0n) is 12.8. The Hall–Kier alpha value is -2.62. The maximum absolute atomic E-state index is 11.9. The molecule has 0 radical (unpaired) electrons. The summed E-state index contributed by atoms with van der Waals surface area (Å²) in [5, 5.41) is 5.98. The first-order chi connectivity index (χ1) is 10.6. The zero-order chi connectivity index (χ0) is 15.9. The molecule has 0 saturated heterocycles. The molecule has 1 atom stereocenters. The number of hydrogen-bond donors (Lipinski definition) is 2. The van der Waals surface area contributed by atoms with Gasteiger partial charge in [0.1, 0.15) is 0 Å². The van der Waals surface area contributed by atoms with Gasteiger partial charge in [-0.15, -0.1) is 0 Å². The molecule has 1 amide bonds. The zero-order valence-corrected chi connectivity index (χ0v) is 12.8. The Bertz CT molecular complexity index is 636. The highest BCUT2D eigenvalue weighted by Crippen LogP contribution is 2.12. The largest absolute Gasteiger partial charge is 0.376 e. The van der Waals surface area contributed by atoms with E-state index in [2.05, 4.69) is 10.6 Å². The van der Waals surface area contributed by atoms with E-state index in [9.17, 15) is 9.59 Å². The van der Waals surface area contributed by atoms with Crippen molar-refractivity contribution in [1.29, 1.82) is 0 Å². The summed E-state index contributed by atoms with van der Waals surface area (Å²) in [5.41, 5.74) is 2.54. The van der Waals surface area contributed by atoms with Gasteiger partial charge in [-0.25, -0.2) is 0 Å². The van der Waals surface area contributed by atoms with Gasteiger partial charge in [0.05, 0.1) is 12.6 Å². The first-order valence-electron chi connectivity index (χ1n) is 7.25. The van der Waals surface area contributed by atoms with Crippen molar-refractivity contribution in [3.8, 4) is 0 Å². The molecule has 0 spiro atoms. The van der Waals surface area contributed by atoms with Gasteiger partial charge in [-0.3, -0.25) is 9.59 Å². The second-order valence-electron chi connectivity index (χ2n) is 5.19. The van der Waals surface area contributed by atoms with Crippen molar-refractivity contribution in [2.24, 2.45) is 0 Å². The molecule has 0 aliphatic carbocycles. The molecule has 0 aliphatic rings. The van der Waals surface area contributed by atoms with E-state index in [0.717, 1.165) is 11.3 Å². The SMILES string of the molecule is CC(=O)c1ccc(NCC(=O)N[C@@H](C)c2ccccc2)cc1. The quantitative estimate of drug-likeness (QED) is 0.805. The lowest BCUT2D eigenvalue weighted by molar-refractivity contribution is -0.120. The molecule has 2 rings (SSSR count). The van der Waals surface area contributed by atoms with E-state index in [0.29, 0.717) is 5.56 Å². The van der Waals surface area contributed by atoms with E-state index < -0.39 is 0 Å². The second-order valence-corrected chi connectivity index (χ2v) is 5.19. The average Bonchev–Trinajstić information content (AvgIpc) is 2.54. The molecule has 0 unspecified atom stereocenters. The number of carbonyl (C=O) groups excluding carboxylic acids is 2. The number of rotatable bonds is 6. The van der Waals surface area contributed by atoms with Gasteiger partial charge in [-0.05, 0) is 43.7 Å². The van der Waals surface area contributed by atoms with Gasteiger partial charge >= 0.3 is 0 Å². The molecular formula is C18H20N2O2. The smallest absolute Gasteiger partial charge is 0.239 e. The van der Waals surface area contributed by atoms with Crippen molar-refractivity contribution in [1.82, 2.24) is 5.32 Å². The van der Waals surface area contributed by atoms with Crippen LogP contribution in [0.1, 0.15) is 35.8 Å². The van der Waals surface area contributed by atoms with E-state index in [4.69, 9.17) is 0 Å². The van der Waals surface area contributed by atoms with Crippen LogP contribution in [0.15, 0.2) is 54.6 Å². The van der Waals surface area contributed by atoms with Crippen LogP contribution in [-0.2, 0) is 4.79 Å². The van der Waals surface area contributed by atoms with Crippen LogP contribution in [0.5, 0.6) is 0 Å². The van der Waals surface area contributed by atoms with Crippen LogP contribution in [0.25, 0.3) is 0 Å². The summed E-state index contributed by atoms with van der Waals surface area (Å²) in [6.45, 7) is 3.67. The topological polar surface area (TPSA) is 58.2 Å². The van der Waals surface area contributed by atoms with Crippen LogP contribution in [0.2, 0.25) is 0 Å². The first-order valence-corrected chi connectivity index (χ1v) is 7.25. The summed E-state index contributed by atoms with van der Waals surface area (Å²) in [7, 11) is 0. The Labute approximate surface area is 130 Å². The first kappa shape index (κ1) is 15.8. The van der Waals surface area contributed by atoms with Gasteiger partial charge in [0, 0.05) is 11.3 Å². The Morgan fingerprint density at radius 2 is 1.64 bits per heavy atom. The van der Waals surface area contributed by atoms with Crippen LogP contribution in [0, 0.1) is 0 Å². The molecule has 0 saturated carbocycles. The molecule has 22 heavy (non-hydrogen) atoms. The minimum atomic E-state index is -0.0769. The van der Waals surface area contributed by atoms with Gasteiger partial charge < -0.3 is 10.6 Å². The van der Waals surface area contributed by atoms with Crippen LogP contribution in [0.3, 0.4) is 0 Å². The Morgan fingerprint density at radius 1 is 1.00 bits per heavy atom. The third-order valence-corrected chi connectivity index (χ3v) is 3.42. The molecule has 2 aromatic carbocycles.